The molecule has 308 valence electrons. The van der Waals surface area contributed by atoms with Crippen molar-refractivity contribution in [1.29, 1.82) is 0 Å². The molecule has 9 rings (SSSR count). The normalized spacial score (nSPS) is 19.6. The maximum atomic E-state index is 6.90. The number of benzene rings is 3. The molecule has 2 unspecified atom stereocenters. The van der Waals surface area contributed by atoms with E-state index in [4.69, 9.17) is 4.42 Å². The summed E-state index contributed by atoms with van der Waals surface area (Å²) in [5, 5.41) is 2.43. The summed E-state index contributed by atoms with van der Waals surface area (Å²) in [6.45, 7) is 34.4. The zero-order valence-electron chi connectivity index (χ0n) is 38.3. The smallest absolute Gasteiger partial charge is 0.239 e. The van der Waals surface area contributed by atoms with Gasteiger partial charge in [-0.2, -0.15) is 0 Å². The van der Waals surface area contributed by atoms with E-state index < -0.39 is 0 Å². The van der Waals surface area contributed by atoms with Crippen LogP contribution < -0.4 is 20.0 Å². The van der Waals surface area contributed by atoms with Gasteiger partial charge in [0.25, 0.3) is 0 Å². The lowest BCUT2D eigenvalue weighted by Gasteiger charge is -2.49. The van der Waals surface area contributed by atoms with Gasteiger partial charge >= 0.3 is 0 Å². The van der Waals surface area contributed by atoms with E-state index in [2.05, 4.69) is 197 Å². The summed E-state index contributed by atoms with van der Waals surface area (Å²) in [6.07, 6.45) is 18.6. The van der Waals surface area contributed by atoms with Crippen molar-refractivity contribution in [3.63, 3.8) is 0 Å². The molecule has 5 aromatic rings. The number of thiophene rings is 1. The van der Waals surface area contributed by atoms with Gasteiger partial charge in [0, 0.05) is 49.6 Å². The molecule has 0 saturated carbocycles. The Hall–Kier alpha value is -4.74. The van der Waals surface area contributed by atoms with Gasteiger partial charge in [-0.05, 0) is 118 Å². The molecule has 0 fully saturated rings. The van der Waals surface area contributed by atoms with Crippen molar-refractivity contribution in [2.45, 2.75) is 114 Å². The zero-order chi connectivity index (χ0) is 42.8. The molecule has 4 heterocycles. The SMILES string of the molecule is C=C/C(=C\c1c(C)oc2c1ccc1c3c(sc12)B1c2c(cccc2N3C2=CCC(C(C)(C)C)C=C2)N(c2ccc(C(C)(C)C)cc2)C2=CC=C(C(C)(C)C)CC12)C(C)(C)C. The van der Waals surface area contributed by atoms with Crippen molar-refractivity contribution in [2.75, 3.05) is 9.80 Å². The first kappa shape index (κ1) is 40.7. The topological polar surface area (TPSA) is 19.6 Å². The van der Waals surface area contributed by atoms with E-state index in [0.29, 0.717) is 5.92 Å². The minimum Gasteiger partial charge on any atom is -0.459 e. The van der Waals surface area contributed by atoms with Crippen LogP contribution in [0.15, 0.2) is 125 Å². The van der Waals surface area contributed by atoms with Crippen LogP contribution in [0.5, 0.6) is 0 Å². The quantitative estimate of drug-likeness (QED) is 0.133. The van der Waals surface area contributed by atoms with Crippen LogP contribution in [0.2, 0.25) is 5.82 Å². The van der Waals surface area contributed by atoms with Gasteiger partial charge in [0.1, 0.15) is 5.76 Å². The van der Waals surface area contributed by atoms with Gasteiger partial charge in [-0.15, -0.1) is 11.3 Å². The van der Waals surface area contributed by atoms with E-state index in [1.165, 1.54) is 76.6 Å². The highest BCUT2D eigenvalue weighted by molar-refractivity contribution is 7.32. The van der Waals surface area contributed by atoms with E-state index in [0.717, 1.165) is 29.7 Å². The third-order valence-corrected chi connectivity index (χ3v) is 15.1. The highest BCUT2D eigenvalue weighted by Crippen LogP contribution is 2.54. The van der Waals surface area contributed by atoms with Crippen LogP contribution in [-0.2, 0) is 5.41 Å². The van der Waals surface area contributed by atoms with Crippen LogP contribution >= 0.6 is 11.3 Å². The van der Waals surface area contributed by atoms with Crippen LogP contribution in [0.3, 0.4) is 0 Å². The molecule has 60 heavy (non-hydrogen) atoms. The number of aryl methyl sites for hydroxylation is 1. The fraction of sp³-hybridized carbons (Fsp3) is 0.382. The number of allylic oxidation sites excluding steroid dienone is 9. The Balaban J connectivity index is 1.33. The molecule has 2 aromatic heterocycles. The molecule has 2 aliphatic heterocycles. The maximum absolute atomic E-state index is 6.90. The largest absolute Gasteiger partial charge is 0.459 e. The van der Waals surface area contributed by atoms with Crippen molar-refractivity contribution in [2.24, 2.45) is 22.2 Å². The summed E-state index contributed by atoms with van der Waals surface area (Å²) in [5.41, 5.74) is 15.7. The van der Waals surface area contributed by atoms with Crippen LogP contribution in [0.4, 0.5) is 22.7 Å². The predicted octanol–water partition coefficient (Wildman–Crippen LogP) is 15.2. The second-order valence-electron chi connectivity index (χ2n) is 22.0. The second kappa shape index (κ2) is 13.9. The summed E-state index contributed by atoms with van der Waals surface area (Å²) >= 11 is 1.97. The van der Waals surface area contributed by atoms with Crippen LogP contribution in [0.25, 0.3) is 27.1 Å². The first-order valence-electron chi connectivity index (χ1n) is 22.1. The molecule has 3 aromatic carbocycles. The molecule has 2 aliphatic carbocycles. The molecule has 0 bridgehead atoms. The zero-order valence-corrected chi connectivity index (χ0v) is 39.1. The van der Waals surface area contributed by atoms with Crippen molar-refractivity contribution >= 4 is 78.2 Å². The monoisotopic (exact) mass is 810 g/mol. The van der Waals surface area contributed by atoms with E-state index in [1.54, 1.807) is 0 Å². The Bertz CT molecular complexity index is 2730. The number of rotatable bonds is 4. The van der Waals surface area contributed by atoms with E-state index in [9.17, 15) is 0 Å². The lowest BCUT2D eigenvalue weighted by atomic mass is 9.31. The van der Waals surface area contributed by atoms with Gasteiger partial charge < -0.3 is 14.2 Å². The molecule has 0 N–H and O–H groups in total. The Labute approximate surface area is 364 Å². The summed E-state index contributed by atoms with van der Waals surface area (Å²) < 4.78 is 9.57. The molecule has 5 heteroatoms. The van der Waals surface area contributed by atoms with Crippen molar-refractivity contribution < 1.29 is 4.42 Å². The van der Waals surface area contributed by atoms with Gasteiger partial charge in [0.15, 0.2) is 5.58 Å². The van der Waals surface area contributed by atoms with Crippen LogP contribution in [0.1, 0.15) is 113 Å². The molecule has 0 radical (unpaired) electrons. The summed E-state index contributed by atoms with van der Waals surface area (Å²) in [7, 11) is 0. The average molecular weight is 811 g/mol. The predicted molar refractivity (Wildman–Crippen MR) is 264 cm³/mol. The van der Waals surface area contributed by atoms with E-state index >= 15 is 0 Å². The number of furan rings is 1. The van der Waals surface area contributed by atoms with Gasteiger partial charge in [-0.3, -0.25) is 0 Å². The number of hydrogen-bond acceptors (Lipinski definition) is 4. The van der Waals surface area contributed by atoms with Gasteiger partial charge in [0.2, 0.25) is 6.71 Å². The van der Waals surface area contributed by atoms with E-state index in [-0.39, 0.29) is 34.2 Å². The molecule has 0 saturated heterocycles. The Morgan fingerprint density at radius 1 is 0.833 bits per heavy atom. The third kappa shape index (κ3) is 6.53. The van der Waals surface area contributed by atoms with E-state index in [1.807, 2.05) is 17.4 Å². The minimum absolute atomic E-state index is 0.0315. The maximum Gasteiger partial charge on any atom is 0.239 e. The number of anilines is 4. The van der Waals surface area contributed by atoms with Gasteiger partial charge in [-0.25, -0.2) is 0 Å². The molecule has 4 aliphatic rings. The first-order chi connectivity index (χ1) is 28.2. The van der Waals surface area contributed by atoms with Gasteiger partial charge in [0.05, 0.1) is 10.4 Å². The molecular weight excluding hydrogens is 747 g/mol. The molecule has 0 spiro atoms. The van der Waals surface area contributed by atoms with Crippen molar-refractivity contribution in [3.8, 4) is 0 Å². The third-order valence-electron chi connectivity index (χ3n) is 13.8. The highest BCUT2D eigenvalue weighted by atomic mass is 32.1. The second-order valence-corrected chi connectivity index (χ2v) is 23.0. The van der Waals surface area contributed by atoms with Crippen molar-refractivity contribution in [3.05, 3.63) is 137 Å². The standard InChI is InChI=1S/C55H63BN2OS/c1-15-34(52(3,4)5)31-42-33(2)59-49-40(42)28-29-41-48-51(60-50(41)49)56-43-32-37(55(12,13)14)23-30-44(43)57(38-24-19-35(20-25-38)53(6,7)8)45-17-16-18-46(47(45)56)58(48)39-26-21-36(22-27-39)54(9,10)11/h15-21,23-31,36,43H,1,22,32H2,2-14H3/b34-31+. The minimum atomic E-state index is -0.0315. The Morgan fingerprint density at radius 2 is 1.52 bits per heavy atom. The Kier molecular flexibility index (Phi) is 9.42. The lowest BCUT2D eigenvalue weighted by Crippen LogP contribution is -2.58. The fourth-order valence-electron chi connectivity index (χ4n) is 10.1. The molecular formula is C55H63BN2OS. The summed E-state index contributed by atoms with van der Waals surface area (Å²) in [6, 6.07) is 21.1. The van der Waals surface area contributed by atoms with Crippen LogP contribution in [-0.4, -0.2) is 6.71 Å². The van der Waals surface area contributed by atoms with Crippen LogP contribution in [0, 0.1) is 29.1 Å². The average Bonchev–Trinajstić information content (AvgIpc) is 3.72. The summed E-state index contributed by atoms with van der Waals surface area (Å²) in [4.78, 5) is 5.22. The number of fused-ring (bicyclic) bond motifs is 8. The number of hydrogen-bond donors (Lipinski definition) is 0. The number of nitrogens with zero attached hydrogens (tertiary/aromatic N) is 2. The highest BCUT2D eigenvalue weighted by Gasteiger charge is 2.50. The first-order valence-corrected chi connectivity index (χ1v) is 22.9. The fourth-order valence-corrected chi connectivity index (χ4v) is 11.6. The van der Waals surface area contributed by atoms with Crippen molar-refractivity contribution in [1.82, 2.24) is 0 Å². The molecule has 3 nitrogen and oxygen atoms in total. The lowest BCUT2D eigenvalue weighted by molar-refractivity contribution is 0.293. The Morgan fingerprint density at radius 3 is 2.12 bits per heavy atom. The summed E-state index contributed by atoms with van der Waals surface area (Å²) in [5.74, 6) is 1.69. The molecule has 2 atom stereocenters. The molecule has 0 amide bonds. The van der Waals surface area contributed by atoms with Gasteiger partial charge in [-0.1, -0.05) is 144 Å².